The topological polar surface area (TPSA) is 95.7 Å². The van der Waals surface area contributed by atoms with Crippen molar-refractivity contribution in [2.45, 2.75) is 0 Å². The number of piperazine rings is 1. The van der Waals surface area contributed by atoms with Gasteiger partial charge in [-0.15, -0.1) is 11.3 Å². The van der Waals surface area contributed by atoms with E-state index in [4.69, 9.17) is 22.3 Å². The zero-order valence-corrected chi connectivity index (χ0v) is 20.1. The van der Waals surface area contributed by atoms with Crippen LogP contribution < -0.4 is 10.6 Å². The monoisotopic (exact) mass is 484 g/mol. The Morgan fingerprint density at radius 2 is 1.88 bits per heavy atom. The van der Waals surface area contributed by atoms with Crippen molar-refractivity contribution in [1.82, 2.24) is 19.8 Å². The number of hydrogen-bond donors (Lipinski definition) is 1. The van der Waals surface area contributed by atoms with Gasteiger partial charge in [0, 0.05) is 47.7 Å². The number of benzene rings is 1. The maximum Gasteiger partial charge on any atom is 0.268 e. The predicted octanol–water partition coefficient (Wildman–Crippen LogP) is 2.83. The fraction of sp³-hybridized carbons (Fsp3) is 0.304. The molecule has 0 saturated carbocycles. The van der Waals surface area contributed by atoms with Crippen molar-refractivity contribution in [3.05, 3.63) is 52.6 Å². The van der Waals surface area contributed by atoms with Crippen LogP contribution in [0.25, 0.3) is 21.8 Å². The van der Waals surface area contributed by atoms with Gasteiger partial charge in [0.15, 0.2) is 0 Å². The molecule has 0 aliphatic carbocycles. The summed E-state index contributed by atoms with van der Waals surface area (Å²) in [6.45, 7) is 3.02. The Kier molecular flexibility index (Phi) is 6.92. The summed E-state index contributed by atoms with van der Waals surface area (Å²) in [6.07, 6.45) is 1.66. The second-order valence-corrected chi connectivity index (χ2v) is 9.34. The summed E-state index contributed by atoms with van der Waals surface area (Å²) in [6, 6.07) is 9.39. The SMILES string of the molecule is CN(C)CC(=O)N1CCN(c2cnc(C(N)=O)c(-c3nc(-c4ccccc4Cl)cs3)c2)CC1. The standard InChI is InChI=1S/C23H25ClN6O2S/c1-28(2)13-20(31)30-9-7-29(8-10-30)15-11-17(21(22(25)32)26-12-15)23-27-19(14-33-23)16-5-3-4-6-18(16)24/h3-6,11-12,14H,7-10,13H2,1-2H3,(H2,25,32). The Balaban J connectivity index is 1.58. The number of pyridine rings is 1. The number of primary amides is 1. The number of amides is 2. The van der Waals surface area contributed by atoms with Crippen LogP contribution in [0.5, 0.6) is 0 Å². The Hall–Kier alpha value is -3.01. The van der Waals surface area contributed by atoms with Crippen LogP contribution in [-0.2, 0) is 4.79 Å². The molecule has 1 aromatic carbocycles. The Morgan fingerprint density at radius 1 is 1.15 bits per heavy atom. The lowest BCUT2D eigenvalue weighted by molar-refractivity contribution is -0.132. The molecular formula is C23H25ClN6O2S. The highest BCUT2D eigenvalue weighted by atomic mass is 35.5. The third-order valence-electron chi connectivity index (χ3n) is 5.44. The molecular weight excluding hydrogens is 460 g/mol. The molecule has 1 saturated heterocycles. The number of thiazole rings is 1. The molecule has 0 bridgehead atoms. The highest BCUT2D eigenvalue weighted by Crippen LogP contribution is 2.35. The van der Waals surface area contributed by atoms with E-state index in [1.165, 1.54) is 11.3 Å². The van der Waals surface area contributed by atoms with E-state index in [-0.39, 0.29) is 11.6 Å². The van der Waals surface area contributed by atoms with E-state index < -0.39 is 5.91 Å². The zero-order valence-electron chi connectivity index (χ0n) is 18.5. The van der Waals surface area contributed by atoms with E-state index in [0.29, 0.717) is 48.3 Å². The Labute approximate surface area is 201 Å². The van der Waals surface area contributed by atoms with Crippen molar-refractivity contribution in [3.8, 4) is 21.8 Å². The first-order chi connectivity index (χ1) is 15.8. The summed E-state index contributed by atoms with van der Waals surface area (Å²) >= 11 is 7.73. The van der Waals surface area contributed by atoms with Gasteiger partial charge in [0.25, 0.3) is 5.91 Å². The summed E-state index contributed by atoms with van der Waals surface area (Å²) in [4.78, 5) is 39.4. The fourth-order valence-electron chi connectivity index (χ4n) is 3.76. The Morgan fingerprint density at radius 3 is 2.55 bits per heavy atom. The predicted molar refractivity (Wildman–Crippen MR) is 132 cm³/mol. The van der Waals surface area contributed by atoms with Gasteiger partial charge >= 0.3 is 0 Å². The van der Waals surface area contributed by atoms with Gasteiger partial charge < -0.3 is 20.4 Å². The average molecular weight is 485 g/mol. The first-order valence-corrected chi connectivity index (χ1v) is 11.8. The summed E-state index contributed by atoms with van der Waals surface area (Å²) in [5.74, 6) is -0.484. The lowest BCUT2D eigenvalue weighted by Crippen LogP contribution is -2.50. The minimum absolute atomic E-state index is 0.123. The number of anilines is 1. The van der Waals surface area contributed by atoms with Crippen LogP contribution in [0.3, 0.4) is 0 Å². The lowest BCUT2D eigenvalue weighted by Gasteiger charge is -2.36. The summed E-state index contributed by atoms with van der Waals surface area (Å²) in [7, 11) is 3.77. The molecule has 172 valence electrons. The first kappa shape index (κ1) is 23.2. The van der Waals surface area contributed by atoms with Crippen molar-refractivity contribution in [2.24, 2.45) is 5.73 Å². The molecule has 0 radical (unpaired) electrons. The van der Waals surface area contributed by atoms with E-state index in [1.807, 2.05) is 59.6 Å². The molecule has 2 N–H and O–H groups in total. The average Bonchev–Trinajstić information content (AvgIpc) is 3.28. The van der Waals surface area contributed by atoms with Gasteiger partial charge in [0.05, 0.1) is 24.1 Å². The quantitative estimate of drug-likeness (QED) is 0.578. The molecule has 1 fully saturated rings. The first-order valence-electron chi connectivity index (χ1n) is 10.5. The number of nitrogens with two attached hydrogens (primary N) is 1. The van der Waals surface area contributed by atoms with Gasteiger partial charge in [0.1, 0.15) is 10.7 Å². The van der Waals surface area contributed by atoms with Gasteiger partial charge in [-0.1, -0.05) is 29.8 Å². The van der Waals surface area contributed by atoms with Crippen LogP contribution in [0.15, 0.2) is 41.9 Å². The van der Waals surface area contributed by atoms with Gasteiger partial charge in [-0.05, 0) is 26.2 Å². The lowest BCUT2D eigenvalue weighted by atomic mass is 10.1. The molecule has 2 amide bonds. The molecule has 1 aliphatic heterocycles. The molecule has 3 aromatic rings. The number of carbonyl (C=O) groups excluding carboxylic acids is 2. The Bertz CT molecular complexity index is 1170. The molecule has 1 aliphatic rings. The zero-order chi connectivity index (χ0) is 23.5. The number of aromatic nitrogens is 2. The van der Waals surface area contributed by atoms with Crippen LogP contribution >= 0.6 is 22.9 Å². The minimum atomic E-state index is -0.606. The van der Waals surface area contributed by atoms with E-state index in [9.17, 15) is 9.59 Å². The van der Waals surface area contributed by atoms with Crippen LogP contribution in [0.2, 0.25) is 5.02 Å². The maximum atomic E-state index is 12.3. The number of likely N-dealkylation sites (N-methyl/N-ethyl adjacent to an activating group) is 1. The molecule has 2 aromatic heterocycles. The van der Waals surface area contributed by atoms with Crippen molar-refractivity contribution in [2.75, 3.05) is 51.7 Å². The normalized spacial score (nSPS) is 14.1. The molecule has 0 spiro atoms. The molecule has 8 nitrogen and oxygen atoms in total. The maximum absolute atomic E-state index is 12.3. The van der Waals surface area contributed by atoms with E-state index >= 15 is 0 Å². The van der Waals surface area contributed by atoms with Gasteiger partial charge in [0.2, 0.25) is 5.91 Å². The molecule has 3 heterocycles. The third-order valence-corrected chi connectivity index (χ3v) is 6.65. The second-order valence-electron chi connectivity index (χ2n) is 8.08. The summed E-state index contributed by atoms with van der Waals surface area (Å²) < 4.78 is 0. The molecule has 33 heavy (non-hydrogen) atoms. The molecule has 0 unspecified atom stereocenters. The van der Waals surface area contributed by atoms with Crippen molar-refractivity contribution in [1.29, 1.82) is 0 Å². The smallest absolute Gasteiger partial charge is 0.268 e. The molecule has 0 atom stereocenters. The van der Waals surface area contributed by atoms with Crippen molar-refractivity contribution >= 4 is 40.4 Å². The number of hydrogen-bond acceptors (Lipinski definition) is 7. The second kappa shape index (κ2) is 9.86. The van der Waals surface area contributed by atoms with Crippen molar-refractivity contribution in [3.63, 3.8) is 0 Å². The molecule has 4 rings (SSSR count). The van der Waals surface area contributed by atoms with E-state index in [1.54, 1.807) is 6.20 Å². The number of carbonyl (C=O) groups is 2. The highest BCUT2D eigenvalue weighted by Gasteiger charge is 2.24. The summed E-state index contributed by atoms with van der Waals surface area (Å²) in [5, 5.41) is 3.16. The number of halogens is 1. The van der Waals surface area contributed by atoms with Crippen LogP contribution in [0.4, 0.5) is 5.69 Å². The van der Waals surface area contributed by atoms with E-state index in [2.05, 4.69) is 9.88 Å². The van der Waals surface area contributed by atoms with Crippen molar-refractivity contribution < 1.29 is 9.59 Å². The van der Waals surface area contributed by atoms with Gasteiger partial charge in [-0.2, -0.15) is 0 Å². The third kappa shape index (κ3) is 5.16. The van der Waals surface area contributed by atoms with Crippen LogP contribution in [-0.4, -0.2) is 78.4 Å². The van der Waals surface area contributed by atoms with E-state index in [0.717, 1.165) is 16.9 Å². The highest BCUT2D eigenvalue weighted by molar-refractivity contribution is 7.13. The van der Waals surface area contributed by atoms with Crippen LogP contribution in [0.1, 0.15) is 10.5 Å². The fourth-order valence-corrected chi connectivity index (χ4v) is 4.83. The van der Waals surface area contributed by atoms with Gasteiger partial charge in [-0.3, -0.25) is 9.59 Å². The number of rotatable bonds is 6. The van der Waals surface area contributed by atoms with Gasteiger partial charge in [-0.25, -0.2) is 9.97 Å². The minimum Gasteiger partial charge on any atom is -0.367 e. The van der Waals surface area contributed by atoms with Crippen LogP contribution in [0, 0.1) is 0 Å². The number of nitrogens with zero attached hydrogens (tertiary/aromatic N) is 5. The summed E-state index contributed by atoms with van der Waals surface area (Å²) in [5.41, 5.74) is 8.80. The largest absolute Gasteiger partial charge is 0.367 e. The molecule has 10 heteroatoms.